The van der Waals surface area contributed by atoms with Crippen molar-refractivity contribution in [3.05, 3.63) is 20.8 Å². The number of hydrogen-bond donors (Lipinski definition) is 1. The zero-order valence-electron chi connectivity index (χ0n) is 9.91. The molecule has 1 fully saturated rings. The Morgan fingerprint density at radius 2 is 2.18 bits per heavy atom. The molecule has 1 amide bonds. The lowest BCUT2D eigenvalue weighted by molar-refractivity contribution is -0.136. The van der Waals surface area contributed by atoms with Crippen LogP contribution in [-0.2, 0) is 11.3 Å². The standard InChI is InChI=1S/C12H17BrN2OS/c1-15(8-9-4-5-10(13)17-9)11(16)12(14)6-2-3-7-12/h4-5H,2-3,6-8,14H2,1H3. The Kier molecular flexibility index (Phi) is 3.90. The van der Waals surface area contributed by atoms with Gasteiger partial charge in [-0.2, -0.15) is 0 Å². The Hall–Kier alpha value is -0.390. The van der Waals surface area contributed by atoms with Gasteiger partial charge in [-0.1, -0.05) is 12.8 Å². The third-order valence-corrected chi connectivity index (χ3v) is 4.90. The molecule has 0 radical (unpaired) electrons. The van der Waals surface area contributed by atoms with E-state index in [9.17, 15) is 4.79 Å². The van der Waals surface area contributed by atoms with Crippen molar-refractivity contribution in [1.29, 1.82) is 0 Å². The van der Waals surface area contributed by atoms with Crippen LogP contribution in [-0.4, -0.2) is 23.4 Å². The van der Waals surface area contributed by atoms with Gasteiger partial charge in [0.1, 0.15) is 0 Å². The van der Waals surface area contributed by atoms with Crippen LogP contribution in [0.2, 0.25) is 0 Å². The maximum atomic E-state index is 12.3. The van der Waals surface area contributed by atoms with E-state index in [4.69, 9.17) is 5.73 Å². The second kappa shape index (κ2) is 5.08. The van der Waals surface area contributed by atoms with Gasteiger partial charge in [0.25, 0.3) is 0 Å². The molecule has 0 spiro atoms. The maximum absolute atomic E-state index is 12.3. The molecule has 17 heavy (non-hydrogen) atoms. The van der Waals surface area contributed by atoms with Crippen LogP contribution >= 0.6 is 27.3 Å². The van der Waals surface area contributed by atoms with E-state index in [1.807, 2.05) is 19.2 Å². The number of amides is 1. The number of rotatable bonds is 3. The lowest BCUT2D eigenvalue weighted by Crippen LogP contribution is -2.52. The summed E-state index contributed by atoms with van der Waals surface area (Å²) in [5.41, 5.74) is 5.56. The van der Waals surface area contributed by atoms with Crippen LogP contribution in [0.15, 0.2) is 15.9 Å². The zero-order valence-corrected chi connectivity index (χ0v) is 12.3. The molecule has 94 valence electrons. The first-order valence-corrected chi connectivity index (χ1v) is 7.41. The third kappa shape index (κ3) is 2.89. The molecule has 0 saturated heterocycles. The van der Waals surface area contributed by atoms with E-state index in [0.29, 0.717) is 6.54 Å². The first kappa shape index (κ1) is 13.1. The fourth-order valence-electron chi connectivity index (χ4n) is 2.34. The van der Waals surface area contributed by atoms with Gasteiger partial charge in [-0.25, -0.2) is 0 Å². The first-order chi connectivity index (χ1) is 8.01. The molecule has 1 aliphatic carbocycles. The fraction of sp³-hybridized carbons (Fsp3) is 0.583. The first-order valence-electron chi connectivity index (χ1n) is 5.80. The van der Waals surface area contributed by atoms with E-state index >= 15 is 0 Å². The molecule has 0 atom stereocenters. The molecule has 2 N–H and O–H groups in total. The number of carbonyl (C=O) groups excluding carboxylic acids is 1. The summed E-state index contributed by atoms with van der Waals surface area (Å²) in [7, 11) is 1.84. The Balaban J connectivity index is 2.00. The molecule has 0 aromatic carbocycles. The van der Waals surface area contributed by atoms with Gasteiger partial charge in [0.2, 0.25) is 5.91 Å². The molecule has 1 aliphatic rings. The molecular formula is C12H17BrN2OS. The van der Waals surface area contributed by atoms with Crippen molar-refractivity contribution >= 4 is 33.2 Å². The molecule has 0 aliphatic heterocycles. The summed E-state index contributed by atoms with van der Waals surface area (Å²) in [5, 5.41) is 0. The van der Waals surface area contributed by atoms with Gasteiger partial charge in [0.05, 0.1) is 15.9 Å². The predicted octanol–water partition coefficient (Wildman–Crippen LogP) is 2.74. The Labute approximate surface area is 114 Å². The predicted molar refractivity (Wildman–Crippen MR) is 73.9 cm³/mol. The summed E-state index contributed by atoms with van der Waals surface area (Å²) in [6.45, 7) is 0.647. The molecule has 5 heteroatoms. The van der Waals surface area contributed by atoms with Crippen molar-refractivity contribution in [2.75, 3.05) is 7.05 Å². The van der Waals surface area contributed by atoms with Gasteiger partial charge in [-0.3, -0.25) is 4.79 Å². The monoisotopic (exact) mass is 316 g/mol. The van der Waals surface area contributed by atoms with Crippen LogP contribution in [0.5, 0.6) is 0 Å². The molecule has 1 saturated carbocycles. The molecule has 2 rings (SSSR count). The highest BCUT2D eigenvalue weighted by atomic mass is 79.9. The maximum Gasteiger partial charge on any atom is 0.242 e. The summed E-state index contributed by atoms with van der Waals surface area (Å²) in [4.78, 5) is 15.2. The number of thiophene rings is 1. The van der Waals surface area contributed by atoms with E-state index < -0.39 is 5.54 Å². The SMILES string of the molecule is CN(Cc1ccc(Br)s1)C(=O)C1(N)CCCC1. The minimum absolute atomic E-state index is 0.0829. The molecular weight excluding hydrogens is 300 g/mol. The van der Waals surface area contributed by atoms with Gasteiger partial charge in [0, 0.05) is 11.9 Å². The zero-order chi connectivity index (χ0) is 12.5. The minimum atomic E-state index is -0.608. The van der Waals surface area contributed by atoms with Gasteiger partial charge in [-0.15, -0.1) is 11.3 Å². The van der Waals surface area contributed by atoms with Gasteiger partial charge in [0.15, 0.2) is 0 Å². The third-order valence-electron chi connectivity index (χ3n) is 3.29. The lowest BCUT2D eigenvalue weighted by Gasteiger charge is -2.28. The summed E-state index contributed by atoms with van der Waals surface area (Å²) < 4.78 is 1.09. The highest BCUT2D eigenvalue weighted by Crippen LogP contribution is 2.30. The van der Waals surface area contributed by atoms with Crippen molar-refractivity contribution < 1.29 is 4.79 Å². The number of hydrogen-bond acceptors (Lipinski definition) is 3. The van der Waals surface area contributed by atoms with Crippen molar-refractivity contribution in [2.24, 2.45) is 5.73 Å². The smallest absolute Gasteiger partial charge is 0.242 e. The number of nitrogens with zero attached hydrogens (tertiary/aromatic N) is 1. The van der Waals surface area contributed by atoms with Crippen molar-refractivity contribution in [2.45, 2.75) is 37.8 Å². The lowest BCUT2D eigenvalue weighted by atomic mass is 9.97. The fourth-order valence-corrected chi connectivity index (χ4v) is 3.88. The van der Waals surface area contributed by atoms with E-state index in [0.717, 1.165) is 29.5 Å². The van der Waals surface area contributed by atoms with Crippen LogP contribution < -0.4 is 5.73 Å². The number of likely N-dealkylation sites (N-methyl/N-ethyl adjacent to an activating group) is 1. The van der Waals surface area contributed by atoms with Crippen molar-refractivity contribution in [1.82, 2.24) is 4.90 Å². The highest BCUT2D eigenvalue weighted by Gasteiger charge is 2.38. The Bertz CT molecular complexity index is 412. The topological polar surface area (TPSA) is 46.3 Å². The second-order valence-corrected chi connectivity index (χ2v) is 7.28. The quantitative estimate of drug-likeness (QED) is 0.932. The number of nitrogens with two attached hydrogens (primary N) is 1. The summed E-state index contributed by atoms with van der Waals surface area (Å²) in [6, 6.07) is 4.04. The molecule has 3 nitrogen and oxygen atoms in total. The minimum Gasteiger partial charge on any atom is -0.339 e. The van der Waals surface area contributed by atoms with Crippen LogP contribution in [0, 0.1) is 0 Å². The van der Waals surface area contributed by atoms with Crippen LogP contribution in [0.1, 0.15) is 30.6 Å². The average molecular weight is 317 g/mol. The van der Waals surface area contributed by atoms with Crippen LogP contribution in [0.25, 0.3) is 0 Å². The Morgan fingerprint density at radius 1 is 1.53 bits per heavy atom. The summed E-state index contributed by atoms with van der Waals surface area (Å²) in [5.74, 6) is 0.0829. The average Bonchev–Trinajstić information content (AvgIpc) is 2.88. The van der Waals surface area contributed by atoms with E-state index in [1.54, 1.807) is 16.2 Å². The van der Waals surface area contributed by atoms with E-state index in [1.165, 1.54) is 4.88 Å². The summed E-state index contributed by atoms with van der Waals surface area (Å²) in [6.07, 6.45) is 3.79. The number of carbonyl (C=O) groups is 1. The van der Waals surface area contributed by atoms with Crippen molar-refractivity contribution in [3.63, 3.8) is 0 Å². The van der Waals surface area contributed by atoms with Crippen molar-refractivity contribution in [3.8, 4) is 0 Å². The largest absolute Gasteiger partial charge is 0.339 e. The molecule has 0 unspecified atom stereocenters. The molecule has 1 heterocycles. The van der Waals surface area contributed by atoms with Crippen LogP contribution in [0.3, 0.4) is 0 Å². The number of halogens is 1. The van der Waals surface area contributed by atoms with Gasteiger partial charge >= 0.3 is 0 Å². The van der Waals surface area contributed by atoms with Gasteiger partial charge in [-0.05, 0) is 40.9 Å². The normalized spacial score (nSPS) is 18.3. The van der Waals surface area contributed by atoms with Gasteiger partial charge < -0.3 is 10.6 Å². The molecule has 1 aromatic rings. The second-order valence-electron chi connectivity index (χ2n) is 4.73. The summed E-state index contributed by atoms with van der Waals surface area (Å²) >= 11 is 5.08. The molecule has 1 aromatic heterocycles. The Morgan fingerprint density at radius 3 is 2.71 bits per heavy atom. The highest BCUT2D eigenvalue weighted by molar-refractivity contribution is 9.11. The van der Waals surface area contributed by atoms with Crippen LogP contribution in [0.4, 0.5) is 0 Å². The van der Waals surface area contributed by atoms with E-state index in [2.05, 4.69) is 15.9 Å². The molecule has 0 bridgehead atoms. The van der Waals surface area contributed by atoms with E-state index in [-0.39, 0.29) is 5.91 Å².